The Balaban J connectivity index is 2.45. The van der Waals surface area contributed by atoms with E-state index >= 15 is 0 Å². The van der Waals surface area contributed by atoms with Crippen molar-refractivity contribution in [1.82, 2.24) is 9.13 Å². The van der Waals surface area contributed by atoms with E-state index in [2.05, 4.69) is 0 Å². The van der Waals surface area contributed by atoms with Crippen LogP contribution < -0.4 is 4.74 Å². The molecule has 3 aromatic rings. The molecule has 5 nitrogen and oxygen atoms in total. The van der Waals surface area contributed by atoms with Gasteiger partial charge in [-0.2, -0.15) is 0 Å². The Morgan fingerprint density at radius 2 is 1.89 bits per heavy atom. The maximum absolute atomic E-state index is 11.2. The number of ether oxygens (including phenoxy) is 1. The summed E-state index contributed by atoms with van der Waals surface area (Å²) >= 11 is 0. The predicted octanol–water partition coefficient (Wildman–Crippen LogP) is 2.38. The Kier molecular flexibility index (Phi) is 2.32. The number of hydrogen-bond acceptors (Lipinski definition) is 2. The Morgan fingerprint density at radius 3 is 2.53 bits per heavy atom. The van der Waals surface area contributed by atoms with E-state index in [-0.39, 0.29) is 0 Å². The molecule has 2 aromatic heterocycles. The van der Waals surface area contributed by atoms with Crippen LogP contribution in [0.25, 0.3) is 21.9 Å². The Morgan fingerprint density at radius 1 is 1.16 bits per heavy atom. The number of benzene rings is 1. The molecule has 1 aromatic carbocycles. The molecule has 0 atom stereocenters. The van der Waals surface area contributed by atoms with E-state index in [1.807, 2.05) is 29.8 Å². The van der Waals surface area contributed by atoms with Crippen LogP contribution in [0.3, 0.4) is 0 Å². The molecule has 19 heavy (non-hydrogen) atoms. The second kappa shape index (κ2) is 3.78. The number of methoxy groups -OCH3 is 1. The number of hydrogen-bond donors (Lipinski definition) is 1. The highest BCUT2D eigenvalue weighted by Gasteiger charge is 2.18. The monoisotopic (exact) mass is 258 g/mol. The van der Waals surface area contributed by atoms with Crippen molar-refractivity contribution in [3.8, 4) is 5.75 Å². The van der Waals surface area contributed by atoms with Gasteiger partial charge >= 0.3 is 5.97 Å². The fourth-order valence-corrected chi connectivity index (χ4v) is 2.66. The molecule has 0 aliphatic rings. The SMILES string of the molecule is COc1ccc2c3cc(C(=O)O)n(C)c3n(C)c2c1. The second-order valence-corrected chi connectivity index (χ2v) is 4.57. The number of rotatable bonds is 2. The summed E-state index contributed by atoms with van der Waals surface area (Å²) in [5, 5.41) is 11.2. The average molecular weight is 258 g/mol. The maximum Gasteiger partial charge on any atom is 0.352 e. The molecule has 0 bridgehead atoms. The molecule has 98 valence electrons. The number of nitrogens with zero attached hydrogens (tertiary/aromatic N) is 2. The summed E-state index contributed by atoms with van der Waals surface area (Å²) in [6.45, 7) is 0. The van der Waals surface area contributed by atoms with Crippen molar-refractivity contribution in [3.05, 3.63) is 30.0 Å². The highest BCUT2D eigenvalue weighted by atomic mass is 16.5. The van der Waals surface area contributed by atoms with Crippen molar-refractivity contribution in [1.29, 1.82) is 0 Å². The molecule has 0 amide bonds. The number of aromatic nitrogens is 2. The van der Waals surface area contributed by atoms with Gasteiger partial charge in [0.25, 0.3) is 0 Å². The zero-order chi connectivity index (χ0) is 13.7. The molecule has 1 N–H and O–H groups in total. The molecule has 0 saturated heterocycles. The van der Waals surface area contributed by atoms with Gasteiger partial charge in [-0.05, 0) is 18.2 Å². The lowest BCUT2D eigenvalue weighted by atomic mass is 10.2. The standard InChI is InChI=1S/C14H14N2O3/c1-15-11-6-8(19-3)4-5-9(11)10-7-12(14(17)18)16(2)13(10)15/h4-7H,1-3H3,(H,17,18). The number of carboxylic acid groups (broad SMARTS) is 1. The van der Waals surface area contributed by atoms with Crippen molar-refractivity contribution < 1.29 is 14.6 Å². The van der Waals surface area contributed by atoms with Crippen LogP contribution in [0, 0.1) is 0 Å². The summed E-state index contributed by atoms with van der Waals surface area (Å²) in [4.78, 5) is 11.2. The molecule has 5 heteroatoms. The number of carboxylic acids is 1. The van der Waals surface area contributed by atoms with E-state index in [1.165, 1.54) is 0 Å². The summed E-state index contributed by atoms with van der Waals surface area (Å²) < 4.78 is 8.91. The van der Waals surface area contributed by atoms with Crippen LogP contribution in [0.2, 0.25) is 0 Å². The minimum absolute atomic E-state index is 0.290. The zero-order valence-electron chi connectivity index (χ0n) is 11.0. The van der Waals surface area contributed by atoms with Crippen LogP contribution >= 0.6 is 0 Å². The molecule has 0 aliphatic heterocycles. The Bertz CT molecular complexity index is 811. The van der Waals surface area contributed by atoms with Gasteiger partial charge in [0, 0.05) is 30.9 Å². The van der Waals surface area contributed by atoms with Crippen LogP contribution in [0.15, 0.2) is 24.3 Å². The Labute approximate surface area is 109 Å². The third kappa shape index (κ3) is 1.44. The highest BCUT2D eigenvalue weighted by molar-refractivity contribution is 6.10. The topological polar surface area (TPSA) is 56.4 Å². The molecular weight excluding hydrogens is 244 g/mol. The Hall–Kier alpha value is -2.43. The van der Waals surface area contributed by atoms with Gasteiger partial charge in [0.05, 0.1) is 12.6 Å². The molecule has 0 fully saturated rings. The lowest BCUT2D eigenvalue weighted by Gasteiger charge is -2.04. The summed E-state index contributed by atoms with van der Waals surface area (Å²) in [5.41, 5.74) is 2.20. The average Bonchev–Trinajstić information content (AvgIpc) is 2.87. The smallest absolute Gasteiger partial charge is 0.352 e. The van der Waals surface area contributed by atoms with E-state index in [4.69, 9.17) is 4.74 Å². The highest BCUT2D eigenvalue weighted by Crippen LogP contribution is 2.32. The number of aryl methyl sites for hydroxylation is 2. The minimum Gasteiger partial charge on any atom is -0.497 e. The summed E-state index contributed by atoms with van der Waals surface area (Å²) in [7, 11) is 5.32. The van der Waals surface area contributed by atoms with Crippen molar-refractivity contribution in [2.45, 2.75) is 0 Å². The molecule has 0 unspecified atom stereocenters. The summed E-state index contributed by atoms with van der Waals surface area (Å²) in [5.74, 6) is -0.128. The van der Waals surface area contributed by atoms with Gasteiger partial charge in [-0.25, -0.2) is 4.79 Å². The maximum atomic E-state index is 11.2. The minimum atomic E-state index is -0.916. The van der Waals surface area contributed by atoms with Gasteiger partial charge in [0.2, 0.25) is 0 Å². The van der Waals surface area contributed by atoms with Crippen LogP contribution in [0.1, 0.15) is 10.5 Å². The molecule has 0 spiro atoms. The first-order valence-electron chi connectivity index (χ1n) is 5.89. The first-order chi connectivity index (χ1) is 9.04. The largest absolute Gasteiger partial charge is 0.497 e. The second-order valence-electron chi connectivity index (χ2n) is 4.57. The fraction of sp³-hybridized carbons (Fsp3) is 0.214. The van der Waals surface area contributed by atoms with Crippen LogP contribution in [-0.2, 0) is 14.1 Å². The summed E-state index contributed by atoms with van der Waals surface area (Å²) in [6.07, 6.45) is 0. The fourth-order valence-electron chi connectivity index (χ4n) is 2.66. The summed E-state index contributed by atoms with van der Waals surface area (Å²) in [6, 6.07) is 7.51. The van der Waals surface area contributed by atoms with Crippen LogP contribution in [0.5, 0.6) is 5.75 Å². The third-order valence-electron chi connectivity index (χ3n) is 3.59. The van der Waals surface area contributed by atoms with Gasteiger partial charge in [-0.1, -0.05) is 0 Å². The molecule has 2 heterocycles. The van der Waals surface area contributed by atoms with Crippen LogP contribution in [-0.4, -0.2) is 27.3 Å². The quantitative estimate of drug-likeness (QED) is 0.767. The van der Waals surface area contributed by atoms with Gasteiger partial charge in [-0.3, -0.25) is 0 Å². The normalized spacial score (nSPS) is 11.3. The molecular formula is C14H14N2O3. The lowest BCUT2D eigenvalue weighted by molar-refractivity contribution is 0.0687. The van der Waals surface area contributed by atoms with Crippen molar-refractivity contribution in [2.75, 3.05) is 7.11 Å². The van der Waals surface area contributed by atoms with E-state index in [0.717, 1.165) is 27.7 Å². The predicted molar refractivity (Wildman–Crippen MR) is 72.9 cm³/mol. The van der Waals surface area contributed by atoms with E-state index in [1.54, 1.807) is 24.8 Å². The molecule has 0 saturated carbocycles. The number of carbonyl (C=O) groups is 1. The van der Waals surface area contributed by atoms with Gasteiger partial charge in [-0.15, -0.1) is 0 Å². The third-order valence-corrected chi connectivity index (χ3v) is 3.59. The first kappa shape index (κ1) is 11.6. The van der Waals surface area contributed by atoms with Crippen LogP contribution in [0.4, 0.5) is 0 Å². The van der Waals surface area contributed by atoms with E-state index < -0.39 is 5.97 Å². The first-order valence-corrected chi connectivity index (χ1v) is 5.89. The molecule has 0 radical (unpaired) electrons. The molecule has 0 aliphatic carbocycles. The van der Waals surface area contributed by atoms with Gasteiger partial charge in [0.1, 0.15) is 17.1 Å². The van der Waals surface area contributed by atoms with Gasteiger partial charge in [0.15, 0.2) is 0 Å². The van der Waals surface area contributed by atoms with E-state index in [9.17, 15) is 9.90 Å². The van der Waals surface area contributed by atoms with Crippen molar-refractivity contribution in [3.63, 3.8) is 0 Å². The van der Waals surface area contributed by atoms with E-state index in [0.29, 0.717) is 5.69 Å². The molecule has 3 rings (SSSR count). The number of aromatic carboxylic acids is 1. The van der Waals surface area contributed by atoms with Crippen molar-refractivity contribution >= 4 is 27.9 Å². The number of fused-ring (bicyclic) bond motifs is 3. The zero-order valence-corrected chi connectivity index (χ0v) is 11.0. The van der Waals surface area contributed by atoms with Crippen molar-refractivity contribution in [2.24, 2.45) is 14.1 Å². The van der Waals surface area contributed by atoms with Gasteiger partial charge < -0.3 is 19.0 Å². The lowest BCUT2D eigenvalue weighted by Crippen LogP contribution is -2.05.